The summed E-state index contributed by atoms with van der Waals surface area (Å²) in [6, 6.07) is 10.9. The van der Waals surface area contributed by atoms with E-state index in [0.717, 1.165) is 44.2 Å². The van der Waals surface area contributed by atoms with Crippen LogP contribution >= 0.6 is 0 Å². The minimum Gasteiger partial charge on any atom is -0.497 e. The monoisotopic (exact) mass is 340 g/mol. The van der Waals surface area contributed by atoms with Crippen molar-refractivity contribution >= 4 is 17.4 Å². The van der Waals surface area contributed by atoms with Gasteiger partial charge >= 0.3 is 0 Å². The second kappa shape index (κ2) is 7.98. The molecule has 25 heavy (non-hydrogen) atoms. The summed E-state index contributed by atoms with van der Waals surface area (Å²) in [6.45, 7) is 7.46. The lowest BCUT2D eigenvalue weighted by atomic mass is 10.2. The number of rotatable bonds is 5. The summed E-state index contributed by atoms with van der Waals surface area (Å²) in [5.41, 5.74) is 1.67. The van der Waals surface area contributed by atoms with Crippen LogP contribution in [-0.4, -0.2) is 55.6 Å². The minimum atomic E-state index is -0.181. The number of nitrogens with one attached hydrogen (secondary N) is 1. The first kappa shape index (κ1) is 17.2. The highest BCUT2D eigenvalue weighted by atomic mass is 16.5. The predicted octanol–water partition coefficient (Wildman–Crippen LogP) is 2.48. The number of anilines is 2. The van der Waals surface area contributed by atoms with Gasteiger partial charge in [-0.1, -0.05) is 6.92 Å². The number of amides is 1. The van der Waals surface area contributed by atoms with Crippen molar-refractivity contribution in [3.05, 3.63) is 48.2 Å². The van der Waals surface area contributed by atoms with Crippen LogP contribution in [0.15, 0.2) is 42.6 Å². The van der Waals surface area contributed by atoms with Crippen molar-refractivity contribution in [1.29, 1.82) is 0 Å². The van der Waals surface area contributed by atoms with Gasteiger partial charge in [-0.3, -0.25) is 4.79 Å². The van der Waals surface area contributed by atoms with Crippen molar-refractivity contribution in [3.8, 4) is 5.75 Å². The Bertz CT molecular complexity index is 692. The van der Waals surface area contributed by atoms with Gasteiger partial charge in [0.05, 0.1) is 19.0 Å². The number of nitrogens with zero attached hydrogens (tertiary/aromatic N) is 3. The maximum Gasteiger partial charge on any atom is 0.256 e. The van der Waals surface area contributed by atoms with Gasteiger partial charge in [0.25, 0.3) is 5.91 Å². The molecule has 1 aromatic heterocycles. The molecule has 6 heteroatoms. The highest BCUT2D eigenvalue weighted by Crippen LogP contribution is 2.18. The molecule has 1 amide bonds. The van der Waals surface area contributed by atoms with Gasteiger partial charge < -0.3 is 19.9 Å². The molecule has 6 nitrogen and oxygen atoms in total. The van der Waals surface area contributed by atoms with Crippen LogP contribution in [0.1, 0.15) is 17.3 Å². The summed E-state index contributed by atoms with van der Waals surface area (Å²) in [5.74, 6) is 1.10. The number of likely N-dealkylation sites (N-methyl/N-ethyl adjacent to an activating group) is 1. The van der Waals surface area contributed by atoms with Crippen LogP contribution in [-0.2, 0) is 0 Å². The lowest BCUT2D eigenvalue weighted by Crippen LogP contribution is -2.46. The Labute approximate surface area is 148 Å². The normalized spacial score (nSPS) is 15.0. The topological polar surface area (TPSA) is 57.7 Å². The van der Waals surface area contributed by atoms with Crippen LogP contribution in [0.3, 0.4) is 0 Å². The highest BCUT2D eigenvalue weighted by Gasteiger charge is 2.16. The summed E-state index contributed by atoms with van der Waals surface area (Å²) in [7, 11) is 1.60. The largest absolute Gasteiger partial charge is 0.497 e. The second-order valence-corrected chi connectivity index (χ2v) is 6.01. The van der Waals surface area contributed by atoms with Gasteiger partial charge in [-0.25, -0.2) is 4.98 Å². The SMILES string of the molecule is CCN1CCN(c2ccc(NC(=O)c3ccc(OC)cc3)nc2)CC1. The molecule has 1 saturated heterocycles. The number of ether oxygens (including phenoxy) is 1. The van der Waals surface area contributed by atoms with Crippen molar-refractivity contribution in [2.45, 2.75) is 6.92 Å². The lowest BCUT2D eigenvalue weighted by Gasteiger charge is -2.35. The molecule has 1 aliphatic rings. The molecule has 0 unspecified atom stereocenters. The van der Waals surface area contributed by atoms with Crippen LogP contribution in [0.5, 0.6) is 5.75 Å². The van der Waals surface area contributed by atoms with Crippen LogP contribution < -0.4 is 15.0 Å². The van der Waals surface area contributed by atoms with E-state index in [-0.39, 0.29) is 5.91 Å². The molecule has 132 valence electrons. The minimum absolute atomic E-state index is 0.181. The number of carbonyl (C=O) groups is 1. The van der Waals surface area contributed by atoms with Crippen molar-refractivity contribution in [2.24, 2.45) is 0 Å². The number of piperazine rings is 1. The van der Waals surface area contributed by atoms with Crippen molar-refractivity contribution < 1.29 is 9.53 Å². The number of carbonyl (C=O) groups excluding carboxylic acids is 1. The van der Waals surface area contributed by atoms with Crippen molar-refractivity contribution in [1.82, 2.24) is 9.88 Å². The Kier molecular flexibility index (Phi) is 5.50. The molecule has 1 N–H and O–H groups in total. The zero-order valence-electron chi connectivity index (χ0n) is 14.7. The molecule has 0 saturated carbocycles. The van der Waals surface area contributed by atoms with Crippen molar-refractivity contribution in [2.75, 3.05) is 50.1 Å². The average molecular weight is 340 g/mol. The van der Waals surface area contributed by atoms with Gasteiger partial charge in [0.1, 0.15) is 11.6 Å². The number of pyridine rings is 1. The number of hydrogen-bond acceptors (Lipinski definition) is 5. The molecular weight excluding hydrogens is 316 g/mol. The first-order valence-corrected chi connectivity index (χ1v) is 8.58. The van der Waals surface area contributed by atoms with Gasteiger partial charge in [0, 0.05) is 31.7 Å². The van der Waals surface area contributed by atoms with E-state index in [0.29, 0.717) is 11.4 Å². The molecule has 2 heterocycles. The van der Waals surface area contributed by atoms with Crippen molar-refractivity contribution in [3.63, 3.8) is 0 Å². The van der Waals surface area contributed by atoms with E-state index in [4.69, 9.17) is 4.74 Å². The lowest BCUT2D eigenvalue weighted by molar-refractivity contribution is 0.102. The molecule has 0 atom stereocenters. The molecule has 1 aromatic carbocycles. The zero-order chi connectivity index (χ0) is 17.6. The third-order valence-corrected chi connectivity index (χ3v) is 4.53. The number of aromatic nitrogens is 1. The predicted molar refractivity (Wildman–Crippen MR) is 99.5 cm³/mol. The Morgan fingerprint density at radius 3 is 2.40 bits per heavy atom. The first-order chi connectivity index (χ1) is 12.2. The summed E-state index contributed by atoms with van der Waals surface area (Å²) in [4.78, 5) is 21.4. The van der Waals surface area contributed by atoms with E-state index in [1.165, 1.54) is 0 Å². The molecule has 2 aromatic rings. The third-order valence-electron chi connectivity index (χ3n) is 4.53. The maximum absolute atomic E-state index is 12.3. The van der Waals surface area contributed by atoms with E-state index in [1.807, 2.05) is 18.3 Å². The highest BCUT2D eigenvalue weighted by molar-refractivity contribution is 6.03. The van der Waals surface area contributed by atoms with E-state index in [2.05, 4.69) is 27.0 Å². The zero-order valence-corrected chi connectivity index (χ0v) is 14.7. The van der Waals surface area contributed by atoms with Crippen LogP contribution in [0.2, 0.25) is 0 Å². The molecule has 1 fully saturated rings. The van der Waals surface area contributed by atoms with Gasteiger partial charge in [-0.2, -0.15) is 0 Å². The van der Waals surface area contributed by atoms with Gasteiger partial charge in [0.15, 0.2) is 0 Å². The summed E-state index contributed by atoms with van der Waals surface area (Å²) in [6.07, 6.45) is 1.82. The summed E-state index contributed by atoms with van der Waals surface area (Å²) < 4.78 is 5.10. The van der Waals surface area contributed by atoms with Gasteiger partial charge in [-0.15, -0.1) is 0 Å². The molecule has 0 radical (unpaired) electrons. The van der Waals surface area contributed by atoms with E-state index < -0.39 is 0 Å². The third kappa shape index (κ3) is 4.28. The molecule has 1 aliphatic heterocycles. The van der Waals surface area contributed by atoms with Crippen LogP contribution in [0.25, 0.3) is 0 Å². The quantitative estimate of drug-likeness (QED) is 0.906. The molecular formula is C19H24N4O2. The fourth-order valence-electron chi connectivity index (χ4n) is 2.90. The standard InChI is InChI=1S/C19H24N4O2/c1-3-22-10-12-23(13-11-22)16-6-9-18(20-14-16)21-19(24)15-4-7-17(25-2)8-5-15/h4-9,14H,3,10-13H2,1-2H3,(H,20,21,24). The van der Waals surface area contributed by atoms with Gasteiger partial charge in [0.2, 0.25) is 0 Å². The number of methoxy groups -OCH3 is 1. The summed E-state index contributed by atoms with van der Waals surface area (Å²) >= 11 is 0. The maximum atomic E-state index is 12.3. The molecule has 0 aliphatic carbocycles. The second-order valence-electron chi connectivity index (χ2n) is 6.01. The molecule has 3 rings (SSSR count). The number of hydrogen-bond donors (Lipinski definition) is 1. The first-order valence-electron chi connectivity index (χ1n) is 8.58. The average Bonchev–Trinajstić information content (AvgIpc) is 2.68. The summed E-state index contributed by atoms with van der Waals surface area (Å²) in [5, 5.41) is 2.82. The molecule has 0 spiro atoms. The Morgan fingerprint density at radius 2 is 1.84 bits per heavy atom. The number of benzene rings is 1. The van der Waals surface area contributed by atoms with Gasteiger partial charge in [-0.05, 0) is 42.9 Å². The van der Waals surface area contributed by atoms with E-state index in [1.54, 1.807) is 31.4 Å². The fraction of sp³-hybridized carbons (Fsp3) is 0.368. The van der Waals surface area contributed by atoms with Crippen LogP contribution in [0.4, 0.5) is 11.5 Å². The molecule has 0 bridgehead atoms. The van der Waals surface area contributed by atoms with E-state index >= 15 is 0 Å². The smallest absolute Gasteiger partial charge is 0.256 e. The van der Waals surface area contributed by atoms with E-state index in [9.17, 15) is 4.79 Å². The Hall–Kier alpha value is -2.60. The fourth-order valence-corrected chi connectivity index (χ4v) is 2.90. The Balaban J connectivity index is 1.59. The Morgan fingerprint density at radius 1 is 1.12 bits per heavy atom. The van der Waals surface area contributed by atoms with Crippen LogP contribution in [0, 0.1) is 0 Å².